The smallest absolute Gasteiger partial charge is 0.392 e. The summed E-state index contributed by atoms with van der Waals surface area (Å²) in [4.78, 5) is 3.20. The summed E-state index contributed by atoms with van der Waals surface area (Å²) < 4.78 is 36.4. The maximum absolute atomic E-state index is 12.1. The molecule has 0 spiro atoms. The van der Waals surface area contributed by atoms with Gasteiger partial charge >= 0.3 is 6.18 Å². The number of pyridine rings is 1. The molecule has 0 aliphatic rings. The van der Waals surface area contributed by atoms with Gasteiger partial charge in [0.05, 0.1) is 18.9 Å². The van der Waals surface area contributed by atoms with Crippen LogP contribution in [0.1, 0.15) is 17.0 Å². The quantitative estimate of drug-likeness (QED) is 0.763. The van der Waals surface area contributed by atoms with Gasteiger partial charge in [0.25, 0.3) is 0 Å². The molecule has 3 nitrogen and oxygen atoms in total. The molecule has 0 amide bonds. The number of aliphatic hydroxyl groups excluding tert-OH is 2. The van der Waals surface area contributed by atoms with Crippen LogP contribution < -0.4 is 0 Å². The number of hydrogen-bond acceptors (Lipinski definition) is 3. The number of alkyl halides is 3. The molecule has 1 aromatic heterocycles. The van der Waals surface area contributed by atoms with Crippen LogP contribution in [-0.4, -0.2) is 15.2 Å². The molecule has 0 saturated heterocycles. The second-order valence-electron chi connectivity index (χ2n) is 2.62. The molecule has 1 heterocycles. The van der Waals surface area contributed by atoms with E-state index in [4.69, 9.17) is 10.2 Å². The van der Waals surface area contributed by atoms with E-state index in [-0.39, 0.29) is 11.3 Å². The highest BCUT2D eigenvalue weighted by molar-refractivity contribution is 5.23. The van der Waals surface area contributed by atoms with Gasteiger partial charge in [-0.2, -0.15) is 13.2 Å². The molecule has 0 bridgehead atoms. The fraction of sp³-hybridized carbons (Fsp3) is 0.375. The van der Waals surface area contributed by atoms with Gasteiger partial charge in [-0.25, -0.2) is 4.98 Å². The topological polar surface area (TPSA) is 53.4 Å². The zero-order valence-corrected chi connectivity index (χ0v) is 7.04. The standard InChI is InChI=1S/C8H8F3NO2/c9-8(10,11)7-2-1-5(3-13)6(4-14)12-7/h1-2,13-14H,3-4H2. The van der Waals surface area contributed by atoms with Gasteiger partial charge in [-0.05, 0) is 6.07 Å². The fourth-order valence-corrected chi connectivity index (χ4v) is 0.969. The minimum absolute atomic E-state index is 0.151. The summed E-state index contributed by atoms with van der Waals surface area (Å²) in [6, 6.07) is 1.87. The van der Waals surface area contributed by atoms with E-state index in [1.54, 1.807) is 0 Å². The van der Waals surface area contributed by atoms with Crippen LogP contribution in [0.25, 0.3) is 0 Å². The molecule has 1 aromatic rings. The van der Waals surface area contributed by atoms with Gasteiger partial charge in [0.15, 0.2) is 0 Å². The van der Waals surface area contributed by atoms with Crippen molar-refractivity contribution in [3.05, 3.63) is 29.1 Å². The third-order valence-electron chi connectivity index (χ3n) is 1.68. The van der Waals surface area contributed by atoms with Crippen molar-refractivity contribution in [3.63, 3.8) is 0 Å². The minimum atomic E-state index is -4.53. The molecule has 0 aliphatic heterocycles. The van der Waals surface area contributed by atoms with Crippen LogP contribution in [0.3, 0.4) is 0 Å². The van der Waals surface area contributed by atoms with E-state index in [0.717, 1.165) is 12.1 Å². The highest BCUT2D eigenvalue weighted by Crippen LogP contribution is 2.28. The Morgan fingerprint density at radius 1 is 1.14 bits per heavy atom. The fourth-order valence-electron chi connectivity index (χ4n) is 0.969. The number of rotatable bonds is 2. The zero-order valence-electron chi connectivity index (χ0n) is 7.04. The van der Waals surface area contributed by atoms with Gasteiger partial charge in [-0.1, -0.05) is 6.07 Å². The van der Waals surface area contributed by atoms with E-state index in [1.165, 1.54) is 0 Å². The molecule has 0 atom stereocenters. The average Bonchev–Trinajstić information content (AvgIpc) is 2.15. The second-order valence-corrected chi connectivity index (χ2v) is 2.62. The number of nitrogens with zero attached hydrogens (tertiary/aromatic N) is 1. The number of aromatic nitrogens is 1. The Hall–Kier alpha value is -1.14. The van der Waals surface area contributed by atoms with Crippen molar-refractivity contribution in [2.75, 3.05) is 0 Å². The molecule has 0 saturated carbocycles. The number of hydrogen-bond donors (Lipinski definition) is 2. The monoisotopic (exact) mass is 207 g/mol. The lowest BCUT2D eigenvalue weighted by Crippen LogP contribution is -2.11. The molecule has 6 heteroatoms. The van der Waals surface area contributed by atoms with Gasteiger partial charge in [0.2, 0.25) is 0 Å². The van der Waals surface area contributed by atoms with E-state index < -0.39 is 25.1 Å². The third kappa shape index (κ3) is 2.21. The van der Waals surface area contributed by atoms with Gasteiger partial charge in [-0.3, -0.25) is 0 Å². The summed E-state index contributed by atoms with van der Waals surface area (Å²) in [6.45, 7) is -1.07. The molecule has 0 fully saturated rings. The predicted octanol–water partition coefficient (Wildman–Crippen LogP) is 1.08. The lowest BCUT2D eigenvalue weighted by atomic mass is 10.2. The summed E-state index contributed by atoms with van der Waals surface area (Å²) in [5.74, 6) is 0. The maximum atomic E-state index is 12.1. The largest absolute Gasteiger partial charge is 0.433 e. The Kier molecular flexibility index (Phi) is 3.07. The molecule has 0 aliphatic carbocycles. The van der Waals surface area contributed by atoms with E-state index in [9.17, 15) is 13.2 Å². The van der Waals surface area contributed by atoms with Crippen LogP contribution in [0.5, 0.6) is 0 Å². The molecule has 0 radical (unpaired) electrons. The van der Waals surface area contributed by atoms with Crippen LogP contribution in [-0.2, 0) is 19.4 Å². The number of aliphatic hydroxyl groups is 2. The maximum Gasteiger partial charge on any atom is 0.433 e. The molecular formula is C8H8F3NO2. The van der Waals surface area contributed by atoms with Crippen LogP contribution in [0.15, 0.2) is 12.1 Å². The Balaban J connectivity index is 3.14. The van der Waals surface area contributed by atoms with Crippen molar-refractivity contribution in [2.45, 2.75) is 19.4 Å². The van der Waals surface area contributed by atoms with Crippen molar-refractivity contribution < 1.29 is 23.4 Å². The van der Waals surface area contributed by atoms with Gasteiger partial charge in [0, 0.05) is 5.56 Å². The summed E-state index contributed by atoms with van der Waals surface area (Å²) in [6.07, 6.45) is -4.53. The van der Waals surface area contributed by atoms with Crippen molar-refractivity contribution in [1.29, 1.82) is 0 Å². The zero-order chi connectivity index (χ0) is 10.8. The molecule has 14 heavy (non-hydrogen) atoms. The van der Waals surface area contributed by atoms with Crippen LogP contribution >= 0.6 is 0 Å². The van der Waals surface area contributed by atoms with E-state index in [0.29, 0.717) is 0 Å². The van der Waals surface area contributed by atoms with Crippen molar-refractivity contribution in [2.24, 2.45) is 0 Å². The summed E-state index contributed by atoms with van der Waals surface area (Å²) in [5.41, 5.74) is -1.03. The first-order valence-electron chi connectivity index (χ1n) is 3.76. The molecule has 2 N–H and O–H groups in total. The first-order chi connectivity index (χ1) is 6.49. The Morgan fingerprint density at radius 3 is 2.21 bits per heavy atom. The van der Waals surface area contributed by atoms with Gasteiger partial charge < -0.3 is 10.2 Å². The minimum Gasteiger partial charge on any atom is -0.392 e. The van der Waals surface area contributed by atoms with Crippen molar-refractivity contribution >= 4 is 0 Å². The first-order valence-corrected chi connectivity index (χ1v) is 3.76. The Bertz CT molecular complexity index is 325. The van der Waals surface area contributed by atoms with Crippen molar-refractivity contribution in [1.82, 2.24) is 4.98 Å². The SMILES string of the molecule is OCc1ccc(C(F)(F)F)nc1CO. The molecule has 78 valence electrons. The molecule has 1 rings (SSSR count). The van der Waals surface area contributed by atoms with Crippen LogP contribution in [0.4, 0.5) is 13.2 Å². The van der Waals surface area contributed by atoms with Gasteiger partial charge in [0.1, 0.15) is 5.69 Å². The molecular weight excluding hydrogens is 199 g/mol. The summed E-state index contributed by atoms with van der Waals surface area (Å²) in [7, 11) is 0. The van der Waals surface area contributed by atoms with E-state index in [1.807, 2.05) is 0 Å². The molecule has 0 aromatic carbocycles. The average molecular weight is 207 g/mol. The summed E-state index contributed by atoms with van der Waals surface area (Å²) >= 11 is 0. The van der Waals surface area contributed by atoms with E-state index >= 15 is 0 Å². The normalized spacial score (nSPS) is 11.8. The van der Waals surface area contributed by atoms with E-state index in [2.05, 4.69) is 4.98 Å². The van der Waals surface area contributed by atoms with Gasteiger partial charge in [-0.15, -0.1) is 0 Å². The van der Waals surface area contributed by atoms with Crippen molar-refractivity contribution in [3.8, 4) is 0 Å². The first kappa shape index (κ1) is 10.9. The third-order valence-corrected chi connectivity index (χ3v) is 1.68. The second kappa shape index (κ2) is 3.93. The Morgan fingerprint density at radius 2 is 1.79 bits per heavy atom. The lowest BCUT2D eigenvalue weighted by Gasteiger charge is -2.09. The Labute approximate surface area is 77.8 Å². The highest BCUT2D eigenvalue weighted by atomic mass is 19.4. The molecule has 0 unspecified atom stereocenters. The highest BCUT2D eigenvalue weighted by Gasteiger charge is 2.32. The predicted molar refractivity (Wildman–Crippen MR) is 41.1 cm³/mol. The van der Waals surface area contributed by atoms with Crippen LogP contribution in [0, 0.1) is 0 Å². The summed E-state index contributed by atoms with van der Waals surface area (Å²) in [5, 5.41) is 17.4. The lowest BCUT2D eigenvalue weighted by molar-refractivity contribution is -0.141. The van der Waals surface area contributed by atoms with Crippen LogP contribution in [0.2, 0.25) is 0 Å². The number of halogens is 3.